The summed E-state index contributed by atoms with van der Waals surface area (Å²) in [7, 11) is 0. The topological polar surface area (TPSA) is 47.6 Å². The average molecular weight is 247 g/mol. The number of ether oxygens (including phenoxy) is 2. The summed E-state index contributed by atoms with van der Waals surface area (Å²) in [5, 5.41) is 2.71. The fourth-order valence-corrected chi connectivity index (χ4v) is 1.02. The molecule has 0 radical (unpaired) electrons. The van der Waals surface area contributed by atoms with Gasteiger partial charge in [-0.2, -0.15) is 0 Å². The van der Waals surface area contributed by atoms with E-state index in [9.17, 15) is 4.79 Å². The molecule has 1 N–H and O–H groups in total. The van der Waals surface area contributed by atoms with Crippen molar-refractivity contribution < 1.29 is 14.3 Å². The SMILES string of the molecule is CC.CCCCOCCOCCC(=O)NCC. The van der Waals surface area contributed by atoms with Crippen LogP contribution in [0.25, 0.3) is 0 Å². The van der Waals surface area contributed by atoms with E-state index >= 15 is 0 Å². The quantitative estimate of drug-likeness (QED) is 0.603. The Balaban J connectivity index is 0. The van der Waals surface area contributed by atoms with Gasteiger partial charge in [-0.05, 0) is 13.3 Å². The number of carbonyl (C=O) groups excluding carboxylic acids is 1. The summed E-state index contributed by atoms with van der Waals surface area (Å²) in [6, 6.07) is 0. The van der Waals surface area contributed by atoms with Crippen molar-refractivity contribution in [3.8, 4) is 0 Å². The van der Waals surface area contributed by atoms with Crippen molar-refractivity contribution in [3.63, 3.8) is 0 Å². The zero-order chi connectivity index (χ0) is 13.4. The summed E-state index contributed by atoms with van der Waals surface area (Å²) >= 11 is 0. The number of hydrogen-bond donors (Lipinski definition) is 1. The lowest BCUT2D eigenvalue weighted by molar-refractivity contribution is -0.122. The predicted molar refractivity (Wildman–Crippen MR) is 71.2 cm³/mol. The molecule has 1 amide bonds. The minimum Gasteiger partial charge on any atom is -0.379 e. The first-order chi connectivity index (χ1) is 8.31. The Hall–Kier alpha value is -0.610. The van der Waals surface area contributed by atoms with E-state index in [0.29, 0.717) is 32.8 Å². The minimum absolute atomic E-state index is 0.0457. The smallest absolute Gasteiger partial charge is 0.222 e. The minimum atomic E-state index is 0.0457. The summed E-state index contributed by atoms with van der Waals surface area (Å²) in [5.74, 6) is 0.0457. The van der Waals surface area contributed by atoms with Gasteiger partial charge in [-0.25, -0.2) is 0 Å². The molecule has 0 aliphatic carbocycles. The monoisotopic (exact) mass is 247 g/mol. The van der Waals surface area contributed by atoms with Crippen molar-refractivity contribution in [2.45, 2.75) is 47.0 Å². The molecule has 0 aliphatic heterocycles. The number of amides is 1. The maximum absolute atomic E-state index is 11.0. The van der Waals surface area contributed by atoms with Crippen LogP contribution in [0.5, 0.6) is 0 Å². The van der Waals surface area contributed by atoms with Crippen LogP contribution in [0.3, 0.4) is 0 Å². The largest absolute Gasteiger partial charge is 0.379 e. The molecule has 0 aromatic heterocycles. The molecule has 4 heteroatoms. The Morgan fingerprint density at radius 1 is 1.00 bits per heavy atom. The molecule has 0 saturated heterocycles. The second-order valence-corrected chi connectivity index (χ2v) is 3.28. The zero-order valence-corrected chi connectivity index (χ0v) is 11.9. The maximum atomic E-state index is 11.0. The number of hydrogen-bond acceptors (Lipinski definition) is 3. The number of carbonyl (C=O) groups is 1. The highest BCUT2D eigenvalue weighted by Crippen LogP contribution is 1.88. The normalized spacial score (nSPS) is 9.41. The van der Waals surface area contributed by atoms with E-state index in [2.05, 4.69) is 12.2 Å². The van der Waals surface area contributed by atoms with Crippen molar-refractivity contribution in [1.82, 2.24) is 5.32 Å². The molecule has 0 heterocycles. The number of nitrogens with one attached hydrogen (secondary N) is 1. The standard InChI is InChI=1S/C11H23NO3.C2H6/c1-3-5-7-14-9-10-15-8-6-11(13)12-4-2;1-2/h3-10H2,1-2H3,(H,12,13);1-2H3. The van der Waals surface area contributed by atoms with Crippen LogP contribution >= 0.6 is 0 Å². The molecule has 0 aromatic rings. The lowest BCUT2D eigenvalue weighted by Crippen LogP contribution is -2.24. The Morgan fingerprint density at radius 2 is 1.59 bits per heavy atom. The van der Waals surface area contributed by atoms with Gasteiger partial charge in [0.25, 0.3) is 0 Å². The predicted octanol–water partition coefficient (Wildman–Crippen LogP) is 2.37. The summed E-state index contributed by atoms with van der Waals surface area (Å²) in [6.45, 7) is 11.2. The van der Waals surface area contributed by atoms with Crippen LogP contribution < -0.4 is 5.32 Å². The van der Waals surface area contributed by atoms with Gasteiger partial charge in [0, 0.05) is 19.6 Å². The summed E-state index contributed by atoms with van der Waals surface area (Å²) < 4.78 is 10.5. The molecular formula is C13H29NO3. The molecule has 0 unspecified atom stereocenters. The van der Waals surface area contributed by atoms with Crippen molar-refractivity contribution >= 4 is 5.91 Å². The molecule has 0 atom stereocenters. The van der Waals surface area contributed by atoms with E-state index < -0.39 is 0 Å². The summed E-state index contributed by atoms with van der Waals surface area (Å²) in [6.07, 6.45) is 2.68. The van der Waals surface area contributed by atoms with Crippen LogP contribution in [0.2, 0.25) is 0 Å². The van der Waals surface area contributed by atoms with Gasteiger partial charge in [-0.15, -0.1) is 0 Å². The third-order valence-electron chi connectivity index (χ3n) is 1.86. The molecule has 0 aromatic carbocycles. The Morgan fingerprint density at radius 3 is 2.12 bits per heavy atom. The van der Waals surface area contributed by atoms with Gasteiger partial charge < -0.3 is 14.8 Å². The van der Waals surface area contributed by atoms with E-state index in [1.165, 1.54) is 0 Å². The molecule has 0 fully saturated rings. The summed E-state index contributed by atoms with van der Waals surface area (Å²) in [4.78, 5) is 11.0. The van der Waals surface area contributed by atoms with Crippen LogP contribution in [0.15, 0.2) is 0 Å². The van der Waals surface area contributed by atoms with Gasteiger partial charge in [-0.1, -0.05) is 27.2 Å². The third kappa shape index (κ3) is 18.0. The van der Waals surface area contributed by atoms with Gasteiger partial charge in [-0.3, -0.25) is 4.79 Å². The van der Waals surface area contributed by atoms with Crippen LogP contribution in [-0.2, 0) is 14.3 Å². The van der Waals surface area contributed by atoms with Gasteiger partial charge in [0.05, 0.1) is 19.8 Å². The first-order valence-corrected chi connectivity index (χ1v) is 6.73. The lowest BCUT2D eigenvalue weighted by atomic mass is 10.4. The second-order valence-electron chi connectivity index (χ2n) is 3.28. The highest BCUT2D eigenvalue weighted by atomic mass is 16.5. The molecule has 104 valence electrons. The number of rotatable bonds is 10. The first kappa shape index (κ1) is 18.7. The molecule has 0 rings (SSSR count). The van der Waals surface area contributed by atoms with Crippen LogP contribution in [0.4, 0.5) is 0 Å². The van der Waals surface area contributed by atoms with Crippen LogP contribution in [0, 0.1) is 0 Å². The Bertz CT molecular complexity index is 152. The van der Waals surface area contributed by atoms with Crippen molar-refractivity contribution in [2.75, 3.05) is 33.0 Å². The molecular weight excluding hydrogens is 218 g/mol. The third-order valence-corrected chi connectivity index (χ3v) is 1.86. The number of unbranched alkanes of at least 4 members (excludes halogenated alkanes) is 1. The van der Waals surface area contributed by atoms with Gasteiger partial charge >= 0.3 is 0 Å². The van der Waals surface area contributed by atoms with E-state index in [1.807, 2.05) is 20.8 Å². The average Bonchev–Trinajstić information content (AvgIpc) is 2.35. The second kappa shape index (κ2) is 17.8. The van der Waals surface area contributed by atoms with E-state index in [-0.39, 0.29) is 5.91 Å². The fourth-order valence-electron chi connectivity index (χ4n) is 1.02. The molecule has 17 heavy (non-hydrogen) atoms. The maximum Gasteiger partial charge on any atom is 0.222 e. The highest BCUT2D eigenvalue weighted by Gasteiger charge is 1.98. The van der Waals surface area contributed by atoms with Crippen LogP contribution in [0.1, 0.15) is 47.0 Å². The molecule has 4 nitrogen and oxygen atoms in total. The van der Waals surface area contributed by atoms with Crippen molar-refractivity contribution in [3.05, 3.63) is 0 Å². The van der Waals surface area contributed by atoms with Crippen molar-refractivity contribution in [1.29, 1.82) is 0 Å². The Labute approximate surface area is 106 Å². The van der Waals surface area contributed by atoms with Gasteiger partial charge in [0.1, 0.15) is 0 Å². The lowest BCUT2D eigenvalue weighted by Gasteiger charge is -2.05. The molecule has 0 aliphatic rings. The first-order valence-electron chi connectivity index (χ1n) is 6.73. The van der Waals surface area contributed by atoms with E-state index in [0.717, 1.165) is 19.4 Å². The summed E-state index contributed by atoms with van der Waals surface area (Å²) in [5.41, 5.74) is 0. The van der Waals surface area contributed by atoms with E-state index in [1.54, 1.807) is 0 Å². The van der Waals surface area contributed by atoms with E-state index in [4.69, 9.17) is 9.47 Å². The van der Waals surface area contributed by atoms with Gasteiger partial charge in [0.2, 0.25) is 5.91 Å². The van der Waals surface area contributed by atoms with Crippen molar-refractivity contribution in [2.24, 2.45) is 0 Å². The van der Waals surface area contributed by atoms with Crippen LogP contribution in [-0.4, -0.2) is 38.9 Å². The Kier molecular flexibility index (Phi) is 19.6. The molecule has 0 bridgehead atoms. The fraction of sp³-hybridized carbons (Fsp3) is 0.923. The van der Waals surface area contributed by atoms with Gasteiger partial charge in [0.15, 0.2) is 0 Å². The highest BCUT2D eigenvalue weighted by molar-refractivity contribution is 5.75. The molecule has 0 spiro atoms. The molecule has 0 saturated carbocycles. The zero-order valence-electron chi connectivity index (χ0n) is 11.9.